The Morgan fingerprint density at radius 1 is 1.37 bits per heavy atom. The van der Waals surface area contributed by atoms with Crippen LogP contribution in [-0.4, -0.2) is 24.5 Å². The number of amides is 1. The molecule has 0 bridgehead atoms. The van der Waals surface area contributed by atoms with Gasteiger partial charge in [0.1, 0.15) is 0 Å². The molecule has 2 N–H and O–H groups in total. The number of carbonyl (C=O) groups excluding carboxylic acids is 1. The fraction of sp³-hybridized carbons (Fsp3) is 0.500. The predicted molar refractivity (Wildman–Crippen MR) is 81.2 cm³/mol. The number of hydrogen-bond acceptors (Lipinski definition) is 2. The highest BCUT2D eigenvalue weighted by atomic mass is 35.5. The van der Waals surface area contributed by atoms with E-state index in [9.17, 15) is 4.79 Å². The van der Waals surface area contributed by atoms with E-state index in [4.69, 9.17) is 11.6 Å². The lowest BCUT2D eigenvalue weighted by atomic mass is 9.89. The largest absolute Gasteiger partial charge is 0.347 e. The van der Waals surface area contributed by atoms with Gasteiger partial charge in [0.25, 0.3) is 5.91 Å². The average molecular weight is 303 g/mol. The fourth-order valence-electron chi connectivity index (χ4n) is 2.48. The smallest absolute Gasteiger partial charge is 0.253 e. The molecule has 3 unspecified atom stereocenters. The summed E-state index contributed by atoms with van der Waals surface area (Å²) in [6.07, 6.45) is 1.08. The standard InChI is InChI=1S/C14H19ClN2O.ClH/c1-9-7-8-16-10(2)13(9)17-14(18)11-5-3-4-6-12(11)15;/h3-6,9-10,13,16H,7-8H2,1-2H3,(H,17,18);1H. The third kappa shape index (κ3) is 3.85. The molecule has 1 saturated heterocycles. The van der Waals surface area contributed by atoms with Crippen molar-refractivity contribution in [3.05, 3.63) is 34.9 Å². The molecular weight excluding hydrogens is 283 g/mol. The molecule has 5 heteroatoms. The van der Waals surface area contributed by atoms with Crippen LogP contribution in [0.15, 0.2) is 24.3 Å². The van der Waals surface area contributed by atoms with Crippen LogP contribution in [0, 0.1) is 5.92 Å². The highest BCUT2D eigenvalue weighted by Crippen LogP contribution is 2.19. The second kappa shape index (κ2) is 7.13. The Morgan fingerprint density at radius 2 is 2.05 bits per heavy atom. The number of hydrogen-bond donors (Lipinski definition) is 2. The number of benzene rings is 1. The summed E-state index contributed by atoms with van der Waals surface area (Å²) in [7, 11) is 0. The molecule has 0 radical (unpaired) electrons. The Labute approximate surface area is 125 Å². The van der Waals surface area contributed by atoms with Crippen LogP contribution in [0.4, 0.5) is 0 Å². The second-order valence-electron chi connectivity index (χ2n) is 4.99. The van der Waals surface area contributed by atoms with Crippen molar-refractivity contribution in [1.29, 1.82) is 0 Å². The molecule has 19 heavy (non-hydrogen) atoms. The molecule has 1 aromatic carbocycles. The summed E-state index contributed by atoms with van der Waals surface area (Å²) in [5, 5.41) is 6.97. The summed E-state index contributed by atoms with van der Waals surface area (Å²) in [5.41, 5.74) is 0.546. The maximum absolute atomic E-state index is 12.2. The third-order valence-electron chi connectivity index (χ3n) is 3.63. The van der Waals surface area contributed by atoms with E-state index in [0.29, 0.717) is 22.5 Å². The van der Waals surface area contributed by atoms with E-state index < -0.39 is 0 Å². The van der Waals surface area contributed by atoms with Crippen molar-refractivity contribution >= 4 is 29.9 Å². The lowest BCUT2D eigenvalue weighted by Crippen LogP contribution is -2.55. The van der Waals surface area contributed by atoms with Gasteiger partial charge in [-0.3, -0.25) is 4.79 Å². The maximum Gasteiger partial charge on any atom is 0.253 e. The van der Waals surface area contributed by atoms with Gasteiger partial charge >= 0.3 is 0 Å². The van der Waals surface area contributed by atoms with Crippen LogP contribution >= 0.6 is 24.0 Å². The normalized spacial score (nSPS) is 26.4. The number of rotatable bonds is 2. The lowest BCUT2D eigenvalue weighted by molar-refractivity contribution is 0.0898. The molecule has 1 aromatic rings. The van der Waals surface area contributed by atoms with Crippen molar-refractivity contribution < 1.29 is 4.79 Å². The van der Waals surface area contributed by atoms with E-state index in [1.165, 1.54) is 0 Å². The van der Waals surface area contributed by atoms with E-state index in [-0.39, 0.29) is 24.4 Å². The molecule has 0 aromatic heterocycles. The van der Waals surface area contributed by atoms with Gasteiger partial charge < -0.3 is 10.6 Å². The van der Waals surface area contributed by atoms with Gasteiger partial charge in [0.2, 0.25) is 0 Å². The number of piperidine rings is 1. The van der Waals surface area contributed by atoms with Crippen molar-refractivity contribution in [2.24, 2.45) is 5.92 Å². The van der Waals surface area contributed by atoms with Gasteiger partial charge in [-0.1, -0.05) is 30.7 Å². The van der Waals surface area contributed by atoms with E-state index in [1.54, 1.807) is 12.1 Å². The Hall–Kier alpha value is -0.770. The zero-order valence-electron chi connectivity index (χ0n) is 11.2. The van der Waals surface area contributed by atoms with E-state index in [0.717, 1.165) is 13.0 Å². The molecule has 1 heterocycles. The van der Waals surface area contributed by atoms with E-state index >= 15 is 0 Å². The van der Waals surface area contributed by atoms with E-state index in [2.05, 4.69) is 24.5 Å². The molecule has 1 aliphatic heterocycles. The van der Waals surface area contributed by atoms with Crippen LogP contribution in [0.3, 0.4) is 0 Å². The average Bonchev–Trinajstić information content (AvgIpc) is 2.34. The number of halogens is 2. The molecule has 3 nitrogen and oxygen atoms in total. The van der Waals surface area contributed by atoms with Crippen LogP contribution in [0.1, 0.15) is 30.6 Å². The van der Waals surface area contributed by atoms with Gasteiger partial charge in [-0.2, -0.15) is 0 Å². The molecule has 1 amide bonds. The van der Waals surface area contributed by atoms with Crippen molar-refractivity contribution in [3.63, 3.8) is 0 Å². The Balaban J connectivity index is 0.00000180. The second-order valence-corrected chi connectivity index (χ2v) is 5.40. The summed E-state index contributed by atoms with van der Waals surface area (Å²) in [4.78, 5) is 12.2. The molecular formula is C14H20Cl2N2O. The third-order valence-corrected chi connectivity index (χ3v) is 3.96. The minimum atomic E-state index is -0.0898. The summed E-state index contributed by atoms with van der Waals surface area (Å²) < 4.78 is 0. The van der Waals surface area contributed by atoms with Crippen LogP contribution in [0.25, 0.3) is 0 Å². The fourth-order valence-corrected chi connectivity index (χ4v) is 2.70. The minimum absolute atomic E-state index is 0. The molecule has 3 atom stereocenters. The van der Waals surface area contributed by atoms with Crippen molar-refractivity contribution in [1.82, 2.24) is 10.6 Å². The summed E-state index contributed by atoms with van der Waals surface area (Å²) in [6.45, 7) is 5.29. The molecule has 0 aliphatic carbocycles. The first kappa shape index (κ1) is 16.3. The topological polar surface area (TPSA) is 41.1 Å². The van der Waals surface area contributed by atoms with Gasteiger partial charge in [0, 0.05) is 12.1 Å². The maximum atomic E-state index is 12.2. The van der Waals surface area contributed by atoms with E-state index in [1.807, 2.05) is 12.1 Å². The molecule has 1 aliphatic rings. The Kier molecular flexibility index (Phi) is 6.11. The Morgan fingerprint density at radius 3 is 2.68 bits per heavy atom. The Bertz CT molecular complexity index is 429. The quantitative estimate of drug-likeness (QED) is 0.882. The zero-order chi connectivity index (χ0) is 13.1. The van der Waals surface area contributed by atoms with Crippen molar-refractivity contribution in [2.75, 3.05) is 6.54 Å². The first-order chi connectivity index (χ1) is 8.59. The lowest BCUT2D eigenvalue weighted by Gasteiger charge is -2.36. The molecule has 0 spiro atoms. The monoisotopic (exact) mass is 302 g/mol. The van der Waals surface area contributed by atoms with Crippen LogP contribution in [-0.2, 0) is 0 Å². The summed E-state index contributed by atoms with van der Waals surface area (Å²) in [5.74, 6) is 0.390. The van der Waals surface area contributed by atoms with Gasteiger partial charge in [-0.15, -0.1) is 12.4 Å². The van der Waals surface area contributed by atoms with Gasteiger partial charge in [-0.05, 0) is 37.9 Å². The summed E-state index contributed by atoms with van der Waals surface area (Å²) in [6, 6.07) is 7.59. The van der Waals surface area contributed by atoms with Crippen LogP contribution in [0.2, 0.25) is 5.02 Å². The van der Waals surface area contributed by atoms with Crippen molar-refractivity contribution in [2.45, 2.75) is 32.4 Å². The first-order valence-corrected chi connectivity index (χ1v) is 6.76. The predicted octanol–water partition coefficient (Wildman–Crippen LogP) is 2.88. The summed E-state index contributed by atoms with van der Waals surface area (Å²) >= 11 is 6.03. The van der Waals surface area contributed by atoms with Crippen LogP contribution < -0.4 is 10.6 Å². The molecule has 1 fully saturated rings. The highest BCUT2D eigenvalue weighted by molar-refractivity contribution is 6.33. The van der Waals surface area contributed by atoms with Gasteiger partial charge in [0.15, 0.2) is 0 Å². The van der Waals surface area contributed by atoms with Crippen molar-refractivity contribution in [3.8, 4) is 0 Å². The van der Waals surface area contributed by atoms with Crippen LogP contribution in [0.5, 0.6) is 0 Å². The number of carbonyl (C=O) groups is 1. The number of nitrogens with one attached hydrogen (secondary N) is 2. The van der Waals surface area contributed by atoms with Gasteiger partial charge in [-0.25, -0.2) is 0 Å². The molecule has 106 valence electrons. The molecule has 2 rings (SSSR count). The zero-order valence-corrected chi connectivity index (χ0v) is 12.7. The van der Waals surface area contributed by atoms with Gasteiger partial charge in [0.05, 0.1) is 10.6 Å². The minimum Gasteiger partial charge on any atom is -0.347 e. The first-order valence-electron chi connectivity index (χ1n) is 6.38. The SMILES string of the molecule is CC1CCNC(C)C1NC(=O)c1ccccc1Cl.Cl. The highest BCUT2D eigenvalue weighted by Gasteiger charge is 2.29. The molecule has 0 saturated carbocycles.